The van der Waals surface area contributed by atoms with Crippen LogP contribution >= 0.6 is 0 Å². The first kappa shape index (κ1) is 20.3. The third-order valence-corrected chi connectivity index (χ3v) is 5.81. The third-order valence-electron chi connectivity index (χ3n) is 5.81. The molecule has 1 saturated heterocycles. The Morgan fingerprint density at radius 3 is 2.59 bits per heavy atom. The Labute approximate surface area is 185 Å². The lowest BCUT2D eigenvalue weighted by Gasteiger charge is -2.29. The van der Waals surface area contributed by atoms with E-state index in [9.17, 15) is 9.90 Å². The molecule has 3 heterocycles. The van der Waals surface area contributed by atoms with Crippen LogP contribution in [0.4, 0.5) is 11.6 Å². The highest BCUT2D eigenvalue weighted by atomic mass is 16.3. The van der Waals surface area contributed by atoms with Gasteiger partial charge in [0, 0.05) is 42.0 Å². The van der Waals surface area contributed by atoms with Gasteiger partial charge in [-0.2, -0.15) is 0 Å². The fourth-order valence-electron chi connectivity index (χ4n) is 4.02. The van der Waals surface area contributed by atoms with Gasteiger partial charge >= 0.3 is 0 Å². The van der Waals surface area contributed by atoms with Gasteiger partial charge in [0.15, 0.2) is 0 Å². The topological polar surface area (TPSA) is 109 Å². The highest BCUT2D eigenvalue weighted by Gasteiger charge is 2.22. The summed E-state index contributed by atoms with van der Waals surface area (Å²) in [4.78, 5) is 23.6. The van der Waals surface area contributed by atoms with Crippen LogP contribution < -0.4 is 5.32 Å². The number of carbonyl (C=O) groups excluding carboxylic acids is 1. The zero-order chi connectivity index (χ0) is 22.2. The van der Waals surface area contributed by atoms with E-state index < -0.39 is 0 Å². The number of carbonyl (C=O) groups is 1. The van der Waals surface area contributed by atoms with Crippen LogP contribution in [-0.4, -0.2) is 60.1 Å². The van der Waals surface area contributed by atoms with E-state index in [0.717, 1.165) is 27.6 Å². The molecule has 32 heavy (non-hydrogen) atoms. The van der Waals surface area contributed by atoms with Crippen LogP contribution in [-0.2, 0) is 0 Å². The number of amides is 1. The number of benzene rings is 2. The number of aliphatic hydroxyl groups excluding tert-OH is 1. The van der Waals surface area contributed by atoms with Crippen molar-refractivity contribution < 1.29 is 9.90 Å². The second-order valence-corrected chi connectivity index (χ2v) is 8.42. The Hall–Kier alpha value is -3.59. The fraction of sp³-hybridized carbons (Fsp3) is 0.348. The number of rotatable bonds is 4. The number of anilines is 2. The second-order valence-electron chi connectivity index (χ2n) is 8.42. The highest BCUT2D eigenvalue weighted by Crippen LogP contribution is 2.26. The number of hydrogen-bond acceptors (Lipinski definition) is 7. The van der Waals surface area contributed by atoms with E-state index in [0.29, 0.717) is 37.4 Å². The molecule has 164 valence electrons. The number of nitrogens with one attached hydrogen (secondary N) is 1. The van der Waals surface area contributed by atoms with Gasteiger partial charge in [0.2, 0.25) is 5.95 Å². The SMILES string of the molecule is CC(C)n1nnc2ccc3cnc(Nc4ccc(C(=O)N5CCC(O)CC5)cc4)nc3c21. The molecule has 0 unspecified atom stereocenters. The van der Waals surface area contributed by atoms with Crippen LogP contribution in [0.3, 0.4) is 0 Å². The van der Waals surface area contributed by atoms with Gasteiger partial charge in [-0.15, -0.1) is 5.10 Å². The van der Waals surface area contributed by atoms with Crippen molar-refractivity contribution in [3.05, 3.63) is 48.2 Å². The van der Waals surface area contributed by atoms with E-state index in [1.165, 1.54) is 0 Å². The molecule has 2 N–H and O–H groups in total. The van der Waals surface area contributed by atoms with Gasteiger partial charge in [0.25, 0.3) is 5.91 Å². The molecule has 1 fully saturated rings. The van der Waals surface area contributed by atoms with Crippen molar-refractivity contribution in [3.63, 3.8) is 0 Å². The van der Waals surface area contributed by atoms with Crippen molar-refractivity contribution in [2.75, 3.05) is 18.4 Å². The predicted molar refractivity (Wildman–Crippen MR) is 122 cm³/mol. The standard InChI is InChI=1S/C23H25N7O2/c1-14(2)30-21-19(27-28-30)8-5-16-13-24-23(26-20(16)21)25-17-6-3-15(4-7-17)22(32)29-11-9-18(31)10-12-29/h3-8,13-14,18,31H,9-12H2,1-2H3,(H,24,25,26). The van der Waals surface area contributed by atoms with Crippen LogP contribution in [0.15, 0.2) is 42.6 Å². The first-order chi connectivity index (χ1) is 15.5. The molecule has 0 bridgehead atoms. The van der Waals surface area contributed by atoms with Crippen LogP contribution in [0, 0.1) is 0 Å². The van der Waals surface area contributed by atoms with Crippen LogP contribution in [0.1, 0.15) is 43.1 Å². The predicted octanol–water partition coefficient (Wildman–Crippen LogP) is 3.30. The van der Waals surface area contributed by atoms with Crippen LogP contribution in [0.2, 0.25) is 0 Å². The normalized spacial score (nSPS) is 15.1. The van der Waals surface area contributed by atoms with Gasteiger partial charge in [-0.05, 0) is 63.1 Å². The maximum absolute atomic E-state index is 12.7. The molecule has 9 nitrogen and oxygen atoms in total. The Bertz CT molecular complexity index is 1270. The van der Waals surface area contributed by atoms with Gasteiger partial charge in [-0.3, -0.25) is 4.79 Å². The largest absolute Gasteiger partial charge is 0.393 e. The van der Waals surface area contributed by atoms with Crippen molar-refractivity contribution >= 4 is 39.5 Å². The molecule has 1 aliphatic heterocycles. The highest BCUT2D eigenvalue weighted by molar-refractivity contribution is 6.01. The summed E-state index contributed by atoms with van der Waals surface area (Å²) in [5.74, 6) is 0.452. The van der Waals surface area contributed by atoms with Crippen molar-refractivity contribution in [1.82, 2.24) is 29.9 Å². The molecule has 1 aliphatic rings. The molecular weight excluding hydrogens is 406 g/mol. The van der Waals surface area contributed by atoms with Crippen LogP contribution in [0.25, 0.3) is 21.9 Å². The number of hydrogen-bond donors (Lipinski definition) is 2. The number of aliphatic hydroxyl groups is 1. The quantitative estimate of drug-likeness (QED) is 0.510. The molecule has 0 aliphatic carbocycles. The van der Waals surface area contributed by atoms with Gasteiger partial charge < -0.3 is 15.3 Å². The van der Waals surface area contributed by atoms with Crippen molar-refractivity contribution in [2.24, 2.45) is 0 Å². The lowest BCUT2D eigenvalue weighted by molar-refractivity contribution is 0.0546. The molecule has 5 rings (SSSR count). The maximum atomic E-state index is 12.7. The molecule has 0 radical (unpaired) electrons. The minimum Gasteiger partial charge on any atom is -0.393 e. The molecule has 0 atom stereocenters. The van der Waals surface area contributed by atoms with Gasteiger partial charge in [0.1, 0.15) is 16.6 Å². The first-order valence-electron chi connectivity index (χ1n) is 10.8. The zero-order valence-corrected chi connectivity index (χ0v) is 18.1. The minimum absolute atomic E-state index is 0.0118. The fourth-order valence-corrected chi connectivity index (χ4v) is 4.02. The number of nitrogens with zero attached hydrogens (tertiary/aromatic N) is 6. The molecule has 2 aromatic carbocycles. The molecule has 1 amide bonds. The van der Waals surface area contributed by atoms with Gasteiger partial charge in [-0.25, -0.2) is 14.6 Å². The lowest BCUT2D eigenvalue weighted by Crippen LogP contribution is -2.40. The smallest absolute Gasteiger partial charge is 0.253 e. The zero-order valence-electron chi connectivity index (χ0n) is 18.1. The van der Waals surface area contributed by atoms with Crippen molar-refractivity contribution in [2.45, 2.75) is 38.8 Å². The van der Waals surface area contributed by atoms with E-state index in [4.69, 9.17) is 4.98 Å². The number of aromatic nitrogens is 5. The number of likely N-dealkylation sites (tertiary alicyclic amines) is 1. The maximum Gasteiger partial charge on any atom is 0.253 e. The first-order valence-corrected chi connectivity index (χ1v) is 10.8. The Morgan fingerprint density at radius 2 is 1.88 bits per heavy atom. The van der Waals surface area contributed by atoms with E-state index in [1.807, 2.05) is 28.9 Å². The molecule has 0 saturated carbocycles. The molecular formula is C23H25N7O2. The summed E-state index contributed by atoms with van der Waals surface area (Å²) in [6, 6.07) is 11.3. The summed E-state index contributed by atoms with van der Waals surface area (Å²) < 4.78 is 1.87. The summed E-state index contributed by atoms with van der Waals surface area (Å²) >= 11 is 0. The average Bonchev–Trinajstić information content (AvgIpc) is 3.25. The molecule has 2 aromatic heterocycles. The Balaban J connectivity index is 1.39. The number of piperidine rings is 1. The molecule has 4 aromatic rings. The second kappa shape index (κ2) is 8.16. The Morgan fingerprint density at radius 1 is 1.12 bits per heavy atom. The Kier molecular flexibility index (Phi) is 5.18. The molecule has 0 spiro atoms. The van der Waals surface area contributed by atoms with E-state index >= 15 is 0 Å². The summed E-state index contributed by atoms with van der Waals surface area (Å²) in [5.41, 5.74) is 3.88. The van der Waals surface area contributed by atoms with E-state index in [1.54, 1.807) is 23.2 Å². The van der Waals surface area contributed by atoms with Gasteiger partial charge in [-0.1, -0.05) is 5.21 Å². The molecule has 9 heteroatoms. The van der Waals surface area contributed by atoms with E-state index in [-0.39, 0.29) is 18.1 Å². The van der Waals surface area contributed by atoms with Crippen molar-refractivity contribution in [1.29, 1.82) is 0 Å². The lowest BCUT2D eigenvalue weighted by atomic mass is 10.1. The van der Waals surface area contributed by atoms with Gasteiger partial charge in [0.05, 0.1) is 6.10 Å². The summed E-state index contributed by atoms with van der Waals surface area (Å²) in [6.07, 6.45) is 2.74. The number of fused-ring (bicyclic) bond motifs is 3. The van der Waals surface area contributed by atoms with Crippen molar-refractivity contribution in [3.8, 4) is 0 Å². The monoisotopic (exact) mass is 431 g/mol. The summed E-state index contributed by atoms with van der Waals surface area (Å²) in [5, 5.41) is 22.3. The minimum atomic E-state index is -0.302. The average molecular weight is 432 g/mol. The third kappa shape index (κ3) is 3.75. The van der Waals surface area contributed by atoms with E-state index in [2.05, 4.69) is 34.5 Å². The summed E-state index contributed by atoms with van der Waals surface area (Å²) in [7, 11) is 0. The van der Waals surface area contributed by atoms with Crippen LogP contribution in [0.5, 0.6) is 0 Å². The summed E-state index contributed by atoms with van der Waals surface area (Å²) in [6.45, 7) is 5.28.